The molecule has 0 heterocycles. The molecule has 0 aliphatic carbocycles. The number of anilines is 1. The van der Waals surface area contributed by atoms with Crippen molar-refractivity contribution >= 4 is 33.3 Å². The van der Waals surface area contributed by atoms with E-state index in [2.05, 4.69) is 15.9 Å². The van der Waals surface area contributed by atoms with E-state index in [4.69, 9.17) is 5.11 Å². The summed E-state index contributed by atoms with van der Waals surface area (Å²) in [5, 5.41) is 19.3. The van der Waals surface area contributed by atoms with Crippen LogP contribution in [-0.4, -0.2) is 29.6 Å². The highest BCUT2D eigenvalue weighted by atomic mass is 79.9. The second-order valence-corrected chi connectivity index (χ2v) is 4.12. The molecular weight excluding hydrogens is 299 g/mol. The van der Waals surface area contributed by atoms with E-state index in [-0.39, 0.29) is 10.2 Å². The summed E-state index contributed by atoms with van der Waals surface area (Å²) in [5.74, 6) is -1.91. The van der Waals surface area contributed by atoms with E-state index in [1.54, 1.807) is 0 Å². The van der Waals surface area contributed by atoms with E-state index < -0.39 is 28.9 Å². The van der Waals surface area contributed by atoms with Crippen LogP contribution in [0.1, 0.15) is 0 Å². The number of carboxylic acid groups (broad SMARTS) is 1. The number of hydrogen-bond acceptors (Lipinski definition) is 4. The lowest BCUT2D eigenvalue weighted by Gasteiger charge is -2.17. The molecule has 1 rings (SSSR count). The maximum Gasteiger partial charge on any atom is 0.323 e. The number of carbonyl (C=O) groups is 1. The Bertz CT molecular complexity index is 480. The molecule has 0 saturated heterocycles. The normalized spacial score (nSPS) is 10.1. The van der Waals surface area contributed by atoms with Crippen LogP contribution in [0.3, 0.4) is 0 Å². The van der Waals surface area contributed by atoms with Gasteiger partial charge in [-0.25, -0.2) is 4.39 Å². The minimum Gasteiger partial charge on any atom is -0.480 e. The van der Waals surface area contributed by atoms with Crippen molar-refractivity contribution in [3.8, 4) is 0 Å². The van der Waals surface area contributed by atoms with Crippen molar-refractivity contribution in [2.45, 2.75) is 0 Å². The van der Waals surface area contributed by atoms with Crippen molar-refractivity contribution < 1.29 is 19.2 Å². The second kappa shape index (κ2) is 5.09. The maximum atomic E-state index is 13.2. The van der Waals surface area contributed by atoms with E-state index in [1.165, 1.54) is 13.1 Å². The van der Waals surface area contributed by atoms with Gasteiger partial charge in [0, 0.05) is 7.05 Å². The van der Waals surface area contributed by atoms with Gasteiger partial charge in [-0.2, -0.15) is 0 Å². The first-order valence-electron chi connectivity index (χ1n) is 4.39. The Morgan fingerprint density at radius 2 is 2.24 bits per heavy atom. The average Bonchev–Trinajstić information content (AvgIpc) is 2.19. The van der Waals surface area contributed by atoms with E-state index in [1.807, 2.05) is 0 Å². The molecule has 1 aromatic carbocycles. The molecule has 17 heavy (non-hydrogen) atoms. The van der Waals surface area contributed by atoms with Gasteiger partial charge in [-0.3, -0.25) is 14.9 Å². The molecule has 0 saturated carbocycles. The molecule has 0 unspecified atom stereocenters. The zero-order valence-corrected chi connectivity index (χ0v) is 10.3. The zero-order valence-electron chi connectivity index (χ0n) is 8.68. The van der Waals surface area contributed by atoms with Crippen molar-refractivity contribution in [3.63, 3.8) is 0 Å². The summed E-state index contributed by atoms with van der Waals surface area (Å²) in [4.78, 5) is 21.6. The van der Waals surface area contributed by atoms with Crippen molar-refractivity contribution in [1.29, 1.82) is 0 Å². The van der Waals surface area contributed by atoms with Gasteiger partial charge in [0.15, 0.2) is 0 Å². The zero-order chi connectivity index (χ0) is 13.2. The summed E-state index contributed by atoms with van der Waals surface area (Å²) in [6, 6.07) is 1.92. The number of likely N-dealkylation sites (N-methyl/N-ethyl adjacent to an activating group) is 1. The van der Waals surface area contributed by atoms with Crippen LogP contribution in [0.5, 0.6) is 0 Å². The van der Waals surface area contributed by atoms with E-state index >= 15 is 0 Å². The number of carboxylic acids is 1. The number of benzene rings is 1. The molecule has 92 valence electrons. The number of nitrogens with zero attached hydrogens (tertiary/aromatic N) is 2. The third-order valence-corrected chi connectivity index (χ3v) is 2.61. The molecular formula is C9H8BrFN2O4. The van der Waals surface area contributed by atoms with Crippen LogP contribution in [0.15, 0.2) is 16.6 Å². The fraction of sp³-hybridized carbons (Fsp3) is 0.222. The van der Waals surface area contributed by atoms with E-state index in [9.17, 15) is 19.3 Å². The van der Waals surface area contributed by atoms with Crippen LogP contribution < -0.4 is 4.90 Å². The molecule has 8 heteroatoms. The van der Waals surface area contributed by atoms with Gasteiger partial charge < -0.3 is 10.0 Å². The van der Waals surface area contributed by atoms with Crippen molar-refractivity contribution in [1.82, 2.24) is 0 Å². The standard InChI is InChI=1S/C9H8BrFN2O4/c1-12(4-9(14)15)7-2-5(10)6(11)3-8(7)13(16)17/h2-3H,4H2,1H3,(H,14,15). The third-order valence-electron chi connectivity index (χ3n) is 2.00. The fourth-order valence-corrected chi connectivity index (χ4v) is 1.60. The molecule has 0 aliphatic heterocycles. The van der Waals surface area contributed by atoms with Crippen LogP contribution in [0.2, 0.25) is 0 Å². The smallest absolute Gasteiger partial charge is 0.323 e. The summed E-state index contributed by atoms with van der Waals surface area (Å²) in [6.07, 6.45) is 0. The van der Waals surface area contributed by atoms with Gasteiger partial charge in [0.05, 0.1) is 15.5 Å². The Morgan fingerprint density at radius 3 is 2.71 bits per heavy atom. The first-order chi connectivity index (χ1) is 7.82. The average molecular weight is 307 g/mol. The largest absolute Gasteiger partial charge is 0.480 e. The lowest BCUT2D eigenvalue weighted by atomic mass is 10.2. The van der Waals surface area contributed by atoms with Gasteiger partial charge in [0.2, 0.25) is 0 Å². The number of nitro benzene ring substituents is 1. The summed E-state index contributed by atoms with van der Waals surface area (Å²) in [5.41, 5.74) is -0.444. The monoisotopic (exact) mass is 306 g/mol. The van der Waals surface area contributed by atoms with Crippen molar-refractivity contribution in [2.24, 2.45) is 0 Å². The van der Waals surface area contributed by atoms with Crippen LogP contribution in [0, 0.1) is 15.9 Å². The SMILES string of the molecule is CN(CC(=O)O)c1cc(Br)c(F)cc1[N+](=O)[O-]. The minimum atomic E-state index is -1.14. The highest BCUT2D eigenvalue weighted by Gasteiger charge is 2.21. The Hall–Kier alpha value is -1.70. The van der Waals surface area contributed by atoms with Gasteiger partial charge in [-0.15, -0.1) is 0 Å². The first kappa shape index (κ1) is 13.4. The number of hydrogen-bond donors (Lipinski definition) is 1. The summed E-state index contributed by atoms with van der Waals surface area (Å²) >= 11 is 2.89. The van der Waals surface area contributed by atoms with E-state index in [0.29, 0.717) is 0 Å². The Morgan fingerprint density at radius 1 is 1.65 bits per heavy atom. The summed E-state index contributed by atoms with van der Waals surface area (Å²) < 4.78 is 13.2. The predicted octanol–water partition coefficient (Wildman–Crippen LogP) is 2.02. The van der Waals surface area contributed by atoms with Gasteiger partial charge in [0.25, 0.3) is 5.69 Å². The Balaban J connectivity index is 3.25. The number of nitro groups is 1. The molecule has 0 radical (unpaired) electrons. The number of aliphatic carboxylic acids is 1. The quantitative estimate of drug-likeness (QED) is 0.679. The summed E-state index contributed by atoms with van der Waals surface area (Å²) in [6.45, 7) is -0.418. The van der Waals surface area contributed by atoms with Crippen LogP contribution in [-0.2, 0) is 4.79 Å². The van der Waals surface area contributed by atoms with Crippen LogP contribution in [0.4, 0.5) is 15.8 Å². The Kier molecular flexibility index (Phi) is 4.00. The lowest BCUT2D eigenvalue weighted by Crippen LogP contribution is -2.25. The minimum absolute atomic E-state index is 0.0330. The van der Waals surface area contributed by atoms with Crippen LogP contribution >= 0.6 is 15.9 Å². The molecule has 1 aromatic rings. The molecule has 0 bridgehead atoms. The maximum absolute atomic E-state index is 13.2. The lowest BCUT2D eigenvalue weighted by molar-refractivity contribution is -0.384. The summed E-state index contributed by atoms with van der Waals surface area (Å²) in [7, 11) is 1.38. The van der Waals surface area contributed by atoms with Gasteiger partial charge in [-0.05, 0) is 22.0 Å². The first-order valence-corrected chi connectivity index (χ1v) is 5.18. The van der Waals surface area contributed by atoms with Crippen molar-refractivity contribution in [3.05, 3.63) is 32.5 Å². The van der Waals surface area contributed by atoms with Gasteiger partial charge in [0.1, 0.15) is 18.0 Å². The fourth-order valence-electron chi connectivity index (χ4n) is 1.27. The highest BCUT2D eigenvalue weighted by molar-refractivity contribution is 9.10. The number of halogens is 2. The molecule has 6 nitrogen and oxygen atoms in total. The molecule has 0 aromatic heterocycles. The molecule has 0 atom stereocenters. The third kappa shape index (κ3) is 3.13. The highest BCUT2D eigenvalue weighted by Crippen LogP contribution is 2.32. The second-order valence-electron chi connectivity index (χ2n) is 3.26. The van der Waals surface area contributed by atoms with Crippen LogP contribution in [0.25, 0.3) is 0 Å². The van der Waals surface area contributed by atoms with Gasteiger partial charge >= 0.3 is 5.97 Å². The number of rotatable bonds is 4. The molecule has 0 amide bonds. The molecule has 1 N–H and O–H groups in total. The molecule has 0 fully saturated rings. The van der Waals surface area contributed by atoms with Crippen molar-refractivity contribution in [2.75, 3.05) is 18.5 Å². The van der Waals surface area contributed by atoms with Gasteiger partial charge in [-0.1, -0.05) is 0 Å². The topological polar surface area (TPSA) is 83.7 Å². The predicted molar refractivity (Wildman–Crippen MR) is 61.7 cm³/mol. The molecule has 0 spiro atoms. The molecule has 0 aliphatic rings. The Labute approximate surface area is 104 Å². The van der Waals surface area contributed by atoms with E-state index in [0.717, 1.165) is 11.0 Å².